The van der Waals surface area contributed by atoms with E-state index in [9.17, 15) is 9.50 Å². The summed E-state index contributed by atoms with van der Waals surface area (Å²) in [6.45, 7) is 2.10. The molecule has 3 aromatic carbocycles. The highest BCUT2D eigenvalue weighted by molar-refractivity contribution is 5.32. The molecule has 28 heavy (non-hydrogen) atoms. The number of aliphatic hydroxyl groups is 1. The molecule has 1 aliphatic heterocycles. The van der Waals surface area contributed by atoms with Gasteiger partial charge in [0.05, 0.1) is 5.60 Å². The third kappa shape index (κ3) is 3.25. The Bertz CT molecular complexity index is 912. The molecule has 0 unspecified atom stereocenters. The predicted octanol–water partition coefficient (Wildman–Crippen LogP) is 5.47. The number of nitrogens with zero attached hydrogens (tertiary/aromatic N) is 1. The number of rotatable bonds is 3. The quantitative estimate of drug-likeness (QED) is 0.656. The van der Waals surface area contributed by atoms with Crippen LogP contribution in [-0.4, -0.2) is 17.1 Å². The number of hydrogen-bond donors (Lipinski definition) is 1. The topological polar surface area (TPSA) is 23.5 Å². The van der Waals surface area contributed by atoms with Gasteiger partial charge in [-0.25, -0.2) is 4.39 Å². The Morgan fingerprint density at radius 3 is 1.96 bits per heavy atom. The second-order valence-corrected chi connectivity index (χ2v) is 7.87. The average molecular weight is 375 g/mol. The van der Waals surface area contributed by atoms with Gasteiger partial charge in [0.15, 0.2) is 0 Å². The van der Waals surface area contributed by atoms with E-state index in [1.165, 1.54) is 23.3 Å². The van der Waals surface area contributed by atoms with E-state index < -0.39 is 5.60 Å². The van der Waals surface area contributed by atoms with Crippen LogP contribution >= 0.6 is 0 Å². The fourth-order valence-electron chi connectivity index (χ4n) is 4.75. The van der Waals surface area contributed by atoms with Gasteiger partial charge in [-0.15, -0.1) is 0 Å². The average Bonchev–Trinajstić information content (AvgIpc) is 2.73. The standard InChI is InChI=1S/C25H26FNO/c1-18-24(20-11-7-4-8-12-20)27(2)23(19-9-5-3-6-10-19)17-25(18,28)21-13-15-22(26)16-14-21/h3-16,18,23-24,28H,17H2,1-2H3/t18-,23+,24+,25-/m0/s1. The molecule has 0 saturated carbocycles. The molecule has 0 amide bonds. The van der Waals surface area contributed by atoms with E-state index in [-0.39, 0.29) is 23.8 Å². The maximum atomic E-state index is 13.5. The molecule has 4 atom stereocenters. The summed E-state index contributed by atoms with van der Waals surface area (Å²) in [7, 11) is 2.13. The van der Waals surface area contributed by atoms with E-state index >= 15 is 0 Å². The lowest BCUT2D eigenvalue weighted by molar-refractivity contribution is -0.120. The van der Waals surface area contributed by atoms with Crippen LogP contribution in [0.4, 0.5) is 4.39 Å². The maximum Gasteiger partial charge on any atom is 0.123 e. The first-order valence-corrected chi connectivity index (χ1v) is 9.81. The molecule has 1 aliphatic rings. The summed E-state index contributed by atoms with van der Waals surface area (Å²) in [5.74, 6) is -0.350. The van der Waals surface area contributed by atoms with E-state index in [1.54, 1.807) is 12.1 Å². The van der Waals surface area contributed by atoms with Gasteiger partial charge in [0.2, 0.25) is 0 Å². The van der Waals surface area contributed by atoms with Crippen molar-refractivity contribution in [3.05, 3.63) is 107 Å². The lowest BCUT2D eigenvalue weighted by Gasteiger charge is -2.52. The molecule has 4 rings (SSSR count). The van der Waals surface area contributed by atoms with Crippen LogP contribution in [0.1, 0.15) is 42.1 Å². The molecule has 2 nitrogen and oxygen atoms in total. The fraction of sp³-hybridized carbons (Fsp3) is 0.280. The van der Waals surface area contributed by atoms with Gasteiger partial charge >= 0.3 is 0 Å². The van der Waals surface area contributed by atoms with Gasteiger partial charge in [-0.3, -0.25) is 4.90 Å². The molecular formula is C25H26FNO. The summed E-state index contributed by atoms with van der Waals surface area (Å²) in [5.41, 5.74) is 2.08. The molecule has 0 bridgehead atoms. The van der Waals surface area contributed by atoms with Crippen molar-refractivity contribution in [1.82, 2.24) is 4.90 Å². The highest BCUT2D eigenvalue weighted by Gasteiger charge is 2.49. The SMILES string of the molecule is C[C@H]1[C@H](c2ccccc2)N(C)[C@@H](c2ccccc2)C[C@@]1(O)c1ccc(F)cc1. The summed E-state index contributed by atoms with van der Waals surface area (Å²) in [6, 6.07) is 27.1. The van der Waals surface area contributed by atoms with Crippen LogP contribution in [0, 0.1) is 11.7 Å². The van der Waals surface area contributed by atoms with Crippen molar-refractivity contribution in [3.8, 4) is 0 Å². The minimum absolute atomic E-state index is 0.0372. The smallest absolute Gasteiger partial charge is 0.123 e. The summed E-state index contributed by atoms with van der Waals surface area (Å²) in [4.78, 5) is 2.37. The predicted molar refractivity (Wildman–Crippen MR) is 110 cm³/mol. The highest BCUT2D eigenvalue weighted by Crippen LogP contribution is 2.52. The summed E-state index contributed by atoms with van der Waals surface area (Å²) in [6.07, 6.45) is 0.559. The van der Waals surface area contributed by atoms with Gasteiger partial charge in [0.1, 0.15) is 5.82 Å². The third-order valence-corrected chi connectivity index (χ3v) is 6.33. The normalized spacial score (nSPS) is 28.2. The van der Waals surface area contributed by atoms with Crippen LogP contribution in [0.15, 0.2) is 84.9 Å². The summed E-state index contributed by atoms with van der Waals surface area (Å²) < 4.78 is 13.5. The van der Waals surface area contributed by atoms with E-state index in [2.05, 4.69) is 43.1 Å². The van der Waals surface area contributed by atoms with Crippen LogP contribution in [0.2, 0.25) is 0 Å². The third-order valence-electron chi connectivity index (χ3n) is 6.33. The zero-order chi connectivity index (χ0) is 19.7. The molecule has 0 aliphatic carbocycles. The minimum atomic E-state index is -1.05. The molecule has 3 heteroatoms. The van der Waals surface area contributed by atoms with Crippen molar-refractivity contribution in [2.75, 3.05) is 7.05 Å². The van der Waals surface area contributed by atoms with Gasteiger partial charge in [-0.05, 0) is 35.9 Å². The fourth-order valence-corrected chi connectivity index (χ4v) is 4.75. The van der Waals surface area contributed by atoms with Crippen LogP contribution < -0.4 is 0 Å². The largest absolute Gasteiger partial charge is 0.385 e. The number of halogens is 1. The minimum Gasteiger partial charge on any atom is -0.385 e. The van der Waals surface area contributed by atoms with Crippen molar-refractivity contribution >= 4 is 0 Å². The van der Waals surface area contributed by atoms with E-state index in [0.29, 0.717) is 6.42 Å². The Kier molecular flexibility index (Phi) is 5.05. The van der Waals surface area contributed by atoms with Crippen LogP contribution in [-0.2, 0) is 5.60 Å². The van der Waals surface area contributed by atoms with Crippen molar-refractivity contribution in [3.63, 3.8) is 0 Å². The zero-order valence-corrected chi connectivity index (χ0v) is 16.3. The van der Waals surface area contributed by atoms with Gasteiger partial charge in [-0.1, -0.05) is 79.7 Å². The molecule has 0 aromatic heterocycles. The number of benzene rings is 3. The molecule has 0 spiro atoms. The van der Waals surface area contributed by atoms with Gasteiger partial charge in [0, 0.05) is 24.4 Å². The second-order valence-electron chi connectivity index (χ2n) is 7.87. The lowest BCUT2D eigenvalue weighted by Crippen LogP contribution is -2.50. The Hall–Kier alpha value is -2.49. The van der Waals surface area contributed by atoms with Gasteiger partial charge < -0.3 is 5.11 Å². The molecule has 1 fully saturated rings. The van der Waals surface area contributed by atoms with E-state index in [1.807, 2.05) is 36.4 Å². The monoisotopic (exact) mass is 375 g/mol. The van der Waals surface area contributed by atoms with Gasteiger partial charge in [-0.2, -0.15) is 0 Å². The maximum absolute atomic E-state index is 13.5. The van der Waals surface area contributed by atoms with Crippen LogP contribution in [0.25, 0.3) is 0 Å². The summed E-state index contributed by atoms with van der Waals surface area (Å²) >= 11 is 0. The number of piperidine rings is 1. The summed E-state index contributed by atoms with van der Waals surface area (Å²) in [5, 5.41) is 11.9. The first-order chi connectivity index (χ1) is 13.5. The first kappa shape index (κ1) is 18.9. The van der Waals surface area contributed by atoms with Crippen molar-refractivity contribution < 1.29 is 9.50 Å². The Morgan fingerprint density at radius 2 is 1.39 bits per heavy atom. The molecule has 1 N–H and O–H groups in total. The first-order valence-electron chi connectivity index (χ1n) is 9.81. The van der Waals surface area contributed by atoms with E-state index in [0.717, 1.165) is 5.56 Å². The number of hydrogen-bond acceptors (Lipinski definition) is 2. The van der Waals surface area contributed by atoms with E-state index in [4.69, 9.17) is 0 Å². The van der Waals surface area contributed by atoms with Crippen molar-refractivity contribution in [1.29, 1.82) is 0 Å². The molecular weight excluding hydrogens is 349 g/mol. The van der Waals surface area contributed by atoms with Crippen LogP contribution in [0.5, 0.6) is 0 Å². The van der Waals surface area contributed by atoms with Gasteiger partial charge in [0.25, 0.3) is 0 Å². The molecule has 1 saturated heterocycles. The molecule has 3 aromatic rings. The lowest BCUT2D eigenvalue weighted by atomic mass is 9.68. The highest BCUT2D eigenvalue weighted by atomic mass is 19.1. The molecule has 144 valence electrons. The van der Waals surface area contributed by atoms with Crippen molar-refractivity contribution in [2.45, 2.75) is 31.0 Å². The molecule has 0 radical (unpaired) electrons. The zero-order valence-electron chi connectivity index (χ0n) is 16.3. The molecule has 1 heterocycles. The van der Waals surface area contributed by atoms with Crippen molar-refractivity contribution in [2.24, 2.45) is 5.92 Å². The Balaban J connectivity index is 1.83. The Morgan fingerprint density at radius 1 is 0.857 bits per heavy atom. The second kappa shape index (κ2) is 7.50. The number of likely N-dealkylation sites (tertiary alicyclic amines) is 1. The Labute approximate surface area is 166 Å². The van der Waals surface area contributed by atoms with Crippen LogP contribution in [0.3, 0.4) is 0 Å².